The number of benzene rings is 3. The topological polar surface area (TPSA) is 86.8 Å². The Balaban J connectivity index is 1.69. The van der Waals surface area contributed by atoms with E-state index in [0.29, 0.717) is 15.6 Å². The van der Waals surface area contributed by atoms with Crippen LogP contribution in [0.1, 0.15) is 50.2 Å². The van der Waals surface area contributed by atoms with Crippen molar-refractivity contribution in [2.45, 2.75) is 69.5 Å². The Labute approximate surface area is 262 Å². The van der Waals surface area contributed by atoms with Gasteiger partial charge in [0, 0.05) is 12.6 Å². The molecular weight excluding hydrogens is 617 g/mol. The van der Waals surface area contributed by atoms with Crippen LogP contribution in [0.15, 0.2) is 71.6 Å². The van der Waals surface area contributed by atoms with Crippen molar-refractivity contribution in [1.82, 2.24) is 10.2 Å². The van der Waals surface area contributed by atoms with Crippen molar-refractivity contribution in [1.29, 1.82) is 0 Å². The van der Waals surface area contributed by atoms with E-state index in [1.54, 1.807) is 61.5 Å². The van der Waals surface area contributed by atoms with E-state index in [9.17, 15) is 18.0 Å². The first-order valence-corrected chi connectivity index (χ1v) is 16.4. The molecule has 0 spiro atoms. The standard InChI is InChI=1S/C31H34Cl3N3O4S/c1-21-12-15-25(16-13-21)42(40,41)37(29-11-7-6-10-27(29)33)20-30(38)36(19-23-14-17-26(32)28(34)18-23)22(2)31(39)35-24-8-4-3-5-9-24/h6-7,10-18,22,24H,3-5,8-9,19-20H2,1-2H3,(H,35,39)/t22-/m0/s1. The van der Waals surface area contributed by atoms with Gasteiger partial charge in [-0.3, -0.25) is 13.9 Å². The minimum atomic E-state index is -4.21. The Morgan fingerprint density at radius 3 is 2.21 bits per heavy atom. The molecule has 0 bridgehead atoms. The van der Waals surface area contributed by atoms with Crippen LogP contribution in [0.4, 0.5) is 5.69 Å². The van der Waals surface area contributed by atoms with Crippen LogP contribution < -0.4 is 9.62 Å². The normalized spacial score (nSPS) is 14.7. The van der Waals surface area contributed by atoms with Crippen molar-refractivity contribution in [2.75, 3.05) is 10.8 Å². The molecule has 42 heavy (non-hydrogen) atoms. The molecule has 224 valence electrons. The van der Waals surface area contributed by atoms with Crippen molar-refractivity contribution in [3.05, 3.63) is 92.9 Å². The van der Waals surface area contributed by atoms with Crippen molar-refractivity contribution in [2.24, 2.45) is 0 Å². The molecule has 0 aromatic heterocycles. The van der Waals surface area contributed by atoms with E-state index in [-0.39, 0.29) is 34.1 Å². The lowest BCUT2D eigenvalue weighted by Crippen LogP contribution is -2.53. The maximum Gasteiger partial charge on any atom is 0.264 e. The summed E-state index contributed by atoms with van der Waals surface area (Å²) in [5.41, 5.74) is 1.68. The van der Waals surface area contributed by atoms with Gasteiger partial charge in [0.15, 0.2) is 0 Å². The number of rotatable bonds is 10. The summed E-state index contributed by atoms with van der Waals surface area (Å²) in [7, 11) is -4.21. The molecule has 1 aliphatic rings. The van der Waals surface area contributed by atoms with Gasteiger partial charge in [0.05, 0.1) is 25.7 Å². The van der Waals surface area contributed by atoms with Gasteiger partial charge in [-0.2, -0.15) is 0 Å². The fraction of sp³-hybridized carbons (Fsp3) is 0.355. The molecule has 0 radical (unpaired) electrons. The molecule has 0 saturated heterocycles. The van der Waals surface area contributed by atoms with Gasteiger partial charge in [-0.1, -0.05) is 90.0 Å². The van der Waals surface area contributed by atoms with Crippen molar-refractivity contribution < 1.29 is 18.0 Å². The summed E-state index contributed by atoms with van der Waals surface area (Å²) in [6.45, 7) is 2.92. The SMILES string of the molecule is Cc1ccc(S(=O)(=O)N(CC(=O)N(Cc2ccc(Cl)c(Cl)c2)[C@@H](C)C(=O)NC2CCCCC2)c2ccccc2Cl)cc1. The Morgan fingerprint density at radius 2 is 1.57 bits per heavy atom. The van der Waals surface area contributed by atoms with Crippen molar-refractivity contribution >= 4 is 62.3 Å². The van der Waals surface area contributed by atoms with Crippen LogP contribution >= 0.6 is 34.8 Å². The van der Waals surface area contributed by atoms with Crippen LogP contribution in [0.3, 0.4) is 0 Å². The molecular formula is C31H34Cl3N3O4S. The van der Waals surface area contributed by atoms with Gasteiger partial charge in [0.2, 0.25) is 11.8 Å². The quantitative estimate of drug-likeness (QED) is 0.256. The van der Waals surface area contributed by atoms with E-state index >= 15 is 0 Å². The lowest BCUT2D eigenvalue weighted by Gasteiger charge is -2.33. The average Bonchev–Trinajstić information content (AvgIpc) is 2.97. The van der Waals surface area contributed by atoms with E-state index in [1.165, 1.54) is 17.0 Å². The third-order valence-electron chi connectivity index (χ3n) is 7.46. The van der Waals surface area contributed by atoms with E-state index in [0.717, 1.165) is 42.0 Å². The highest BCUT2D eigenvalue weighted by molar-refractivity contribution is 7.92. The van der Waals surface area contributed by atoms with Gasteiger partial charge in [-0.15, -0.1) is 0 Å². The minimum absolute atomic E-state index is 0.00984. The van der Waals surface area contributed by atoms with E-state index in [1.807, 2.05) is 6.92 Å². The molecule has 4 rings (SSSR count). The summed E-state index contributed by atoms with van der Waals surface area (Å²) >= 11 is 18.8. The second kappa shape index (κ2) is 14.1. The lowest BCUT2D eigenvalue weighted by molar-refractivity contribution is -0.139. The van der Waals surface area contributed by atoms with Gasteiger partial charge >= 0.3 is 0 Å². The molecule has 1 fully saturated rings. The van der Waals surface area contributed by atoms with Crippen LogP contribution in [0.2, 0.25) is 15.1 Å². The highest BCUT2D eigenvalue weighted by Crippen LogP contribution is 2.31. The Hall–Kier alpha value is -2.78. The highest BCUT2D eigenvalue weighted by atomic mass is 35.5. The molecule has 3 aromatic carbocycles. The van der Waals surface area contributed by atoms with E-state index in [2.05, 4.69) is 5.32 Å². The molecule has 1 atom stereocenters. The number of hydrogen-bond acceptors (Lipinski definition) is 4. The minimum Gasteiger partial charge on any atom is -0.352 e. The molecule has 0 aliphatic heterocycles. The largest absolute Gasteiger partial charge is 0.352 e. The zero-order valence-electron chi connectivity index (χ0n) is 23.5. The van der Waals surface area contributed by atoms with Crippen LogP contribution in [-0.2, 0) is 26.2 Å². The number of nitrogens with one attached hydrogen (secondary N) is 1. The number of sulfonamides is 1. The first kappa shape index (κ1) is 32.1. The van der Waals surface area contributed by atoms with Crippen LogP contribution in [0.5, 0.6) is 0 Å². The molecule has 2 amide bonds. The molecule has 0 heterocycles. The molecule has 0 unspecified atom stereocenters. The van der Waals surface area contributed by atoms with Crippen LogP contribution in [-0.4, -0.2) is 43.8 Å². The number of carbonyl (C=O) groups excluding carboxylic acids is 2. The fourth-order valence-corrected chi connectivity index (χ4v) is 7.03. The summed E-state index contributed by atoms with van der Waals surface area (Å²) < 4.78 is 28.9. The lowest BCUT2D eigenvalue weighted by atomic mass is 9.95. The second-order valence-electron chi connectivity index (χ2n) is 10.6. The highest BCUT2D eigenvalue weighted by Gasteiger charge is 2.34. The fourth-order valence-electron chi connectivity index (χ4n) is 4.99. The molecule has 11 heteroatoms. The average molecular weight is 651 g/mol. The molecule has 1 N–H and O–H groups in total. The maximum atomic E-state index is 14.1. The maximum absolute atomic E-state index is 14.1. The Morgan fingerprint density at radius 1 is 0.905 bits per heavy atom. The predicted molar refractivity (Wildman–Crippen MR) is 169 cm³/mol. The van der Waals surface area contributed by atoms with Gasteiger partial charge in [0.1, 0.15) is 12.6 Å². The zero-order chi connectivity index (χ0) is 30.4. The predicted octanol–water partition coefficient (Wildman–Crippen LogP) is 7.02. The van der Waals surface area contributed by atoms with Gasteiger partial charge in [0.25, 0.3) is 10.0 Å². The molecule has 3 aromatic rings. The first-order chi connectivity index (χ1) is 20.0. The van der Waals surface area contributed by atoms with Gasteiger partial charge < -0.3 is 10.2 Å². The summed E-state index contributed by atoms with van der Waals surface area (Å²) in [4.78, 5) is 28.9. The third-order valence-corrected chi connectivity index (χ3v) is 10.3. The molecule has 7 nitrogen and oxygen atoms in total. The Kier molecular flexibility index (Phi) is 10.8. The number of nitrogens with zero attached hydrogens (tertiary/aromatic N) is 2. The summed E-state index contributed by atoms with van der Waals surface area (Å²) in [6.07, 6.45) is 4.98. The molecule has 1 saturated carbocycles. The first-order valence-electron chi connectivity index (χ1n) is 13.8. The summed E-state index contributed by atoms with van der Waals surface area (Å²) in [6, 6.07) is 16.9. The number of hydrogen-bond donors (Lipinski definition) is 1. The smallest absolute Gasteiger partial charge is 0.264 e. The van der Waals surface area contributed by atoms with Crippen molar-refractivity contribution in [3.63, 3.8) is 0 Å². The summed E-state index contributed by atoms with van der Waals surface area (Å²) in [5, 5.41) is 3.91. The van der Waals surface area contributed by atoms with Crippen molar-refractivity contribution in [3.8, 4) is 0 Å². The van der Waals surface area contributed by atoms with Gasteiger partial charge in [-0.05, 0) is 68.7 Å². The monoisotopic (exact) mass is 649 g/mol. The number of halogens is 3. The number of amides is 2. The molecule has 1 aliphatic carbocycles. The summed E-state index contributed by atoms with van der Waals surface area (Å²) in [5.74, 6) is -0.885. The number of carbonyl (C=O) groups is 2. The van der Waals surface area contributed by atoms with Gasteiger partial charge in [-0.25, -0.2) is 8.42 Å². The zero-order valence-corrected chi connectivity index (χ0v) is 26.6. The Bertz CT molecular complexity index is 1530. The van der Waals surface area contributed by atoms with E-state index < -0.39 is 28.5 Å². The van der Waals surface area contributed by atoms with Crippen LogP contribution in [0, 0.1) is 6.92 Å². The second-order valence-corrected chi connectivity index (χ2v) is 13.6. The third kappa shape index (κ3) is 7.78. The number of anilines is 1. The number of para-hydroxylation sites is 1. The van der Waals surface area contributed by atoms with E-state index in [4.69, 9.17) is 34.8 Å². The van der Waals surface area contributed by atoms with Crippen LogP contribution in [0.25, 0.3) is 0 Å². The number of aryl methyl sites for hydroxylation is 1.